The van der Waals surface area contributed by atoms with E-state index in [4.69, 9.17) is 10.5 Å². The summed E-state index contributed by atoms with van der Waals surface area (Å²) < 4.78 is 7.86. The molecule has 1 aliphatic rings. The average molecular weight is 252 g/mol. The molecule has 0 amide bonds. The second-order valence-electron chi connectivity index (χ2n) is 5.60. The maximum Gasteiger partial charge on any atom is 0.152 e. The molecule has 0 spiro atoms. The molecule has 18 heavy (non-hydrogen) atoms. The molecular weight excluding hydrogens is 228 g/mol. The van der Waals surface area contributed by atoms with E-state index >= 15 is 0 Å². The van der Waals surface area contributed by atoms with Gasteiger partial charge in [0.2, 0.25) is 0 Å². The van der Waals surface area contributed by atoms with Crippen LogP contribution in [0, 0.1) is 5.92 Å². The summed E-state index contributed by atoms with van der Waals surface area (Å²) in [5.41, 5.74) is 5.88. The molecule has 0 saturated heterocycles. The minimum atomic E-state index is 0.342. The first-order chi connectivity index (χ1) is 8.65. The summed E-state index contributed by atoms with van der Waals surface area (Å²) in [5, 5.41) is 4.24. The lowest BCUT2D eigenvalue weighted by molar-refractivity contribution is 0.00869. The third kappa shape index (κ3) is 3.78. The molecule has 0 radical (unpaired) electrons. The predicted molar refractivity (Wildman–Crippen MR) is 69.9 cm³/mol. The topological polar surface area (TPSA) is 66.0 Å². The van der Waals surface area contributed by atoms with Crippen LogP contribution < -0.4 is 5.73 Å². The third-order valence-electron chi connectivity index (χ3n) is 3.40. The quantitative estimate of drug-likeness (QED) is 0.866. The van der Waals surface area contributed by atoms with Gasteiger partial charge in [-0.1, -0.05) is 13.8 Å². The van der Waals surface area contributed by atoms with Crippen LogP contribution >= 0.6 is 0 Å². The summed E-state index contributed by atoms with van der Waals surface area (Å²) >= 11 is 0. The van der Waals surface area contributed by atoms with E-state index < -0.39 is 0 Å². The van der Waals surface area contributed by atoms with Gasteiger partial charge in [0.1, 0.15) is 12.9 Å². The van der Waals surface area contributed by atoms with Crippen molar-refractivity contribution < 1.29 is 4.74 Å². The molecule has 0 aliphatic heterocycles. The zero-order valence-corrected chi connectivity index (χ0v) is 11.4. The van der Waals surface area contributed by atoms with Crippen LogP contribution in [0.15, 0.2) is 6.33 Å². The van der Waals surface area contributed by atoms with E-state index in [0.29, 0.717) is 24.7 Å². The second-order valence-corrected chi connectivity index (χ2v) is 5.60. The van der Waals surface area contributed by atoms with Crippen LogP contribution in [-0.2, 0) is 17.9 Å². The Morgan fingerprint density at radius 3 is 2.78 bits per heavy atom. The summed E-state index contributed by atoms with van der Waals surface area (Å²) in [6.45, 7) is 5.81. The van der Waals surface area contributed by atoms with Crippen molar-refractivity contribution in [1.82, 2.24) is 14.8 Å². The lowest BCUT2D eigenvalue weighted by Crippen LogP contribution is -2.30. The Labute approximate surface area is 109 Å². The van der Waals surface area contributed by atoms with Crippen molar-refractivity contribution in [3.05, 3.63) is 12.2 Å². The first-order valence-corrected chi connectivity index (χ1v) is 6.89. The van der Waals surface area contributed by atoms with Crippen LogP contribution in [0.25, 0.3) is 0 Å². The molecule has 0 unspecified atom stereocenters. The van der Waals surface area contributed by atoms with E-state index in [1.807, 2.05) is 4.68 Å². The van der Waals surface area contributed by atoms with Crippen LogP contribution in [0.4, 0.5) is 0 Å². The normalized spacial score (nSPS) is 24.7. The van der Waals surface area contributed by atoms with E-state index in [-0.39, 0.29) is 0 Å². The van der Waals surface area contributed by atoms with Gasteiger partial charge in [-0.05, 0) is 31.6 Å². The third-order valence-corrected chi connectivity index (χ3v) is 3.40. The van der Waals surface area contributed by atoms with Gasteiger partial charge in [-0.2, -0.15) is 5.10 Å². The SMILES string of the molecule is CC(C)Cn1ncnc1COC1CCC(N)CC1. The van der Waals surface area contributed by atoms with Gasteiger partial charge in [0.05, 0.1) is 6.10 Å². The highest BCUT2D eigenvalue weighted by atomic mass is 16.5. The summed E-state index contributed by atoms with van der Waals surface area (Å²) in [7, 11) is 0. The van der Waals surface area contributed by atoms with Crippen LogP contribution in [-0.4, -0.2) is 26.9 Å². The summed E-state index contributed by atoms with van der Waals surface area (Å²) in [6, 6.07) is 0.370. The van der Waals surface area contributed by atoms with E-state index in [2.05, 4.69) is 23.9 Å². The van der Waals surface area contributed by atoms with Crippen LogP contribution in [0.1, 0.15) is 45.4 Å². The van der Waals surface area contributed by atoms with E-state index in [1.165, 1.54) is 0 Å². The molecule has 5 nitrogen and oxygen atoms in total. The molecular formula is C13H24N4O. The number of nitrogens with two attached hydrogens (primary N) is 1. The van der Waals surface area contributed by atoms with Gasteiger partial charge in [0, 0.05) is 12.6 Å². The lowest BCUT2D eigenvalue weighted by Gasteiger charge is -2.26. The standard InChI is InChI=1S/C13H24N4O/c1-10(2)7-17-13(15-9-16-17)8-18-12-5-3-11(14)4-6-12/h9-12H,3-8,14H2,1-2H3. The van der Waals surface area contributed by atoms with Gasteiger partial charge in [-0.25, -0.2) is 9.67 Å². The highest BCUT2D eigenvalue weighted by Gasteiger charge is 2.19. The highest BCUT2D eigenvalue weighted by molar-refractivity contribution is 4.83. The molecule has 1 fully saturated rings. The first-order valence-electron chi connectivity index (χ1n) is 6.89. The van der Waals surface area contributed by atoms with Crippen molar-refractivity contribution in [2.75, 3.05) is 0 Å². The molecule has 5 heteroatoms. The molecule has 0 bridgehead atoms. The van der Waals surface area contributed by atoms with Gasteiger partial charge in [0.25, 0.3) is 0 Å². The number of nitrogens with zero attached hydrogens (tertiary/aromatic N) is 3. The Morgan fingerprint density at radius 2 is 2.11 bits per heavy atom. The van der Waals surface area contributed by atoms with E-state index in [1.54, 1.807) is 6.33 Å². The molecule has 102 valence electrons. The lowest BCUT2D eigenvalue weighted by atomic mass is 9.94. The molecule has 1 aromatic heterocycles. The molecule has 1 aliphatic carbocycles. The molecule has 2 N–H and O–H groups in total. The van der Waals surface area contributed by atoms with Gasteiger partial charge >= 0.3 is 0 Å². The summed E-state index contributed by atoms with van der Waals surface area (Å²) in [5.74, 6) is 1.50. The first kappa shape index (κ1) is 13.5. The Kier molecular flexibility index (Phi) is 4.72. The smallest absolute Gasteiger partial charge is 0.152 e. The molecule has 1 saturated carbocycles. The second kappa shape index (κ2) is 6.29. The van der Waals surface area contributed by atoms with Gasteiger partial charge < -0.3 is 10.5 Å². The van der Waals surface area contributed by atoms with Gasteiger partial charge in [0.15, 0.2) is 5.82 Å². The van der Waals surface area contributed by atoms with Crippen molar-refractivity contribution in [1.29, 1.82) is 0 Å². The van der Waals surface area contributed by atoms with Crippen LogP contribution in [0.3, 0.4) is 0 Å². The van der Waals surface area contributed by atoms with Crippen molar-refractivity contribution in [3.8, 4) is 0 Å². The fraction of sp³-hybridized carbons (Fsp3) is 0.846. The molecule has 0 atom stereocenters. The van der Waals surface area contributed by atoms with Gasteiger partial charge in [-0.15, -0.1) is 0 Å². The van der Waals surface area contributed by atoms with Crippen molar-refractivity contribution in [3.63, 3.8) is 0 Å². The van der Waals surface area contributed by atoms with Crippen LogP contribution in [0.5, 0.6) is 0 Å². The van der Waals surface area contributed by atoms with Crippen molar-refractivity contribution >= 4 is 0 Å². The number of hydrogen-bond donors (Lipinski definition) is 1. The Balaban J connectivity index is 1.81. The van der Waals surface area contributed by atoms with E-state index in [0.717, 1.165) is 38.1 Å². The fourth-order valence-corrected chi connectivity index (χ4v) is 2.35. The predicted octanol–water partition coefficient (Wildman–Crippen LogP) is 1.72. The van der Waals surface area contributed by atoms with Crippen molar-refractivity contribution in [2.24, 2.45) is 11.7 Å². The van der Waals surface area contributed by atoms with E-state index in [9.17, 15) is 0 Å². The Bertz CT molecular complexity index is 356. The summed E-state index contributed by atoms with van der Waals surface area (Å²) in [4.78, 5) is 4.27. The zero-order valence-electron chi connectivity index (χ0n) is 11.4. The van der Waals surface area contributed by atoms with Gasteiger partial charge in [-0.3, -0.25) is 0 Å². The number of hydrogen-bond acceptors (Lipinski definition) is 4. The molecule has 2 rings (SSSR count). The number of aromatic nitrogens is 3. The number of rotatable bonds is 5. The monoisotopic (exact) mass is 252 g/mol. The van der Waals surface area contributed by atoms with Crippen LogP contribution in [0.2, 0.25) is 0 Å². The minimum absolute atomic E-state index is 0.342. The number of ether oxygens (including phenoxy) is 1. The average Bonchev–Trinajstić information content (AvgIpc) is 2.75. The zero-order chi connectivity index (χ0) is 13.0. The maximum atomic E-state index is 5.92. The highest BCUT2D eigenvalue weighted by Crippen LogP contribution is 2.20. The largest absolute Gasteiger partial charge is 0.370 e. The molecule has 0 aromatic carbocycles. The summed E-state index contributed by atoms with van der Waals surface area (Å²) in [6.07, 6.45) is 6.23. The molecule has 1 aromatic rings. The van der Waals surface area contributed by atoms with Crippen molar-refractivity contribution in [2.45, 2.75) is 64.8 Å². The Hall–Kier alpha value is -0.940. The minimum Gasteiger partial charge on any atom is -0.370 e. The Morgan fingerprint density at radius 1 is 1.39 bits per heavy atom. The maximum absolute atomic E-state index is 5.92. The molecule has 1 heterocycles. The fourth-order valence-electron chi connectivity index (χ4n) is 2.35.